The zero-order valence-corrected chi connectivity index (χ0v) is 19.7. The summed E-state index contributed by atoms with van der Waals surface area (Å²) in [5, 5.41) is 20.5. The van der Waals surface area contributed by atoms with Crippen LogP contribution in [-0.2, 0) is 6.42 Å². The Labute approximate surface area is 210 Å². The summed E-state index contributed by atoms with van der Waals surface area (Å²) in [4.78, 5) is 12.4. The number of aromatic nitrogens is 6. The molecule has 2 aromatic carbocycles. The summed E-state index contributed by atoms with van der Waals surface area (Å²) in [6.07, 6.45) is 3.40. The van der Waals surface area contributed by atoms with Crippen LogP contribution in [-0.4, -0.2) is 42.7 Å². The predicted molar refractivity (Wildman–Crippen MR) is 127 cm³/mol. The Morgan fingerprint density at radius 1 is 1.05 bits per heavy atom. The minimum atomic E-state index is -4.74. The van der Waals surface area contributed by atoms with E-state index < -0.39 is 6.36 Å². The number of amides is 1. The first-order valence-electron chi connectivity index (χ1n) is 11.9. The maximum absolute atomic E-state index is 12.5. The number of benzene rings is 2. The van der Waals surface area contributed by atoms with Crippen LogP contribution < -0.4 is 10.1 Å². The Morgan fingerprint density at radius 2 is 1.78 bits per heavy atom. The van der Waals surface area contributed by atoms with Crippen molar-refractivity contribution in [2.75, 3.05) is 5.32 Å². The van der Waals surface area contributed by atoms with Crippen LogP contribution in [0.2, 0.25) is 0 Å². The molecule has 0 atom stereocenters. The van der Waals surface area contributed by atoms with E-state index in [1.54, 1.807) is 28.9 Å². The number of hydrogen-bond acceptors (Lipinski definition) is 6. The molecule has 5 rings (SSSR count). The number of halogens is 3. The van der Waals surface area contributed by atoms with E-state index in [4.69, 9.17) is 5.10 Å². The molecule has 0 spiro atoms. The van der Waals surface area contributed by atoms with Crippen molar-refractivity contribution in [3.8, 4) is 11.4 Å². The first-order chi connectivity index (χ1) is 17.8. The van der Waals surface area contributed by atoms with E-state index in [1.165, 1.54) is 18.6 Å². The van der Waals surface area contributed by atoms with Crippen molar-refractivity contribution in [3.05, 3.63) is 77.1 Å². The molecule has 0 saturated heterocycles. The number of H-pyrrole nitrogens is 1. The van der Waals surface area contributed by atoms with Crippen LogP contribution >= 0.6 is 0 Å². The van der Waals surface area contributed by atoms with Crippen molar-refractivity contribution in [3.63, 3.8) is 0 Å². The van der Waals surface area contributed by atoms with Crippen LogP contribution in [0.15, 0.2) is 54.7 Å². The number of rotatable bonds is 7. The molecule has 12 heteroatoms. The van der Waals surface area contributed by atoms with E-state index in [0.29, 0.717) is 23.6 Å². The van der Waals surface area contributed by atoms with Gasteiger partial charge in [-0.2, -0.15) is 10.3 Å². The first-order valence-corrected chi connectivity index (χ1v) is 11.9. The molecule has 1 saturated carbocycles. The summed E-state index contributed by atoms with van der Waals surface area (Å²) >= 11 is 0. The van der Waals surface area contributed by atoms with Gasteiger partial charge in [-0.3, -0.25) is 10.1 Å². The zero-order valence-electron chi connectivity index (χ0n) is 19.7. The molecule has 2 heterocycles. The number of nitrogens with one attached hydrogen (secondary N) is 2. The highest BCUT2D eigenvalue weighted by Crippen LogP contribution is 2.35. The van der Waals surface area contributed by atoms with Gasteiger partial charge in [-0.1, -0.05) is 36.5 Å². The van der Waals surface area contributed by atoms with Gasteiger partial charge in [0, 0.05) is 24.1 Å². The van der Waals surface area contributed by atoms with Crippen LogP contribution in [0.25, 0.3) is 5.69 Å². The lowest BCUT2D eigenvalue weighted by Crippen LogP contribution is -2.17. The lowest BCUT2D eigenvalue weighted by molar-refractivity contribution is -0.274. The summed E-state index contributed by atoms with van der Waals surface area (Å²) in [7, 11) is 0. The van der Waals surface area contributed by atoms with E-state index in [-0.39, 0.29) is 17.6 Å². The number of hydrogen-bond donors (Lipinski definition) is 2. The van der Waals surface area contributed by atoms with Crippen LogP contribution in [0, 0.1) is 0 Å². The Kier molecular flexibility index (Phi) is 6.89. The molecule has 1 aliphatic carbocycles. The third kappa shape index (κ3) is 6.13. The standard InChI is InChI=1S/C25H24F3N7O2/c26-25(27,28)37-21-12-10-20(11-13-21)35-15-19(22(32-35)17-4-2-1-3-5-17)14-16-6-8-18(9-7-16)23(36)29-24-30-33-34-31-24/h6-13,15,17H,1-5,14H2,(H2,29,30,31,33,34,36). The second kappa shape index (κ2) is 10.4. The minimum Gasteiger partial charge on any atom is -0.406 e. The summed E-state index contributed by atoms with van der Waals surface area (Å²) in [6.45, 7) is 0. The SMILES string of the molecule is O=C(Nc1nn[nH]n1)c1ccc(Cc2cn(-c3ccc(OC(F)(F)F)cc3)nc2C2CCCCC2)cc1. The summed E-state index contributed by atoms with van der Waals surface area (Å²) in [5.41, 5.74) is 4.16. The van der Waals surface area contributed by atoms with Gasteiger partial charge >= 0.3 is 6.36 Å². The number of aromatic amines is 1. The summed E-state index contributed by atoms with van der Waals surface area (Å²) in [5.74, 6) is -0.198. The fourth-order valence-electron chi connectivity index (χ4n) is 4.59. The molecule has 192 valence electrons. The highest BCUT2D eigenvalue weighted by molar-refractivity contribution is 6.03. The van der Waals surface area contributed by atoms with Crippen molar-refractivity contribution < 1.29 is 22.7 Å². The molecule has 2 N–H and O–H groups in total. The van der Waals surface area contributed by atoms with Gasteiger partial charge in [0.1, 0.15) is 5.75 Å². The molecule has 0 bridgehead atoms. The number of nitrogens with zero attached hydrogens (tertiary/aromatic N) is 5. The number of alkyl halides is 3. The number of carbonyl (C=O) groups is 1. The molecular weight excluding hydrogens is 487 g/mol. The van der Waals surface area contributed by atoms with Crippen LogP contribution in [0.3, 0.4) is 0 Å². The van der Waals surface area contributed by atoms with E-state index in [9.17, 15) is 18.0 Å². The second-order valence-electron chi connectivity index (χ2n) is 8.92. The third-order valence-electron chi connectivity index (χ3n) is 6.33. The highest BCUT2D eigenvalue weighted by Gasteiger charge is 2.31. The number of anilines is 1. The first kappa shape index (κ1) is 24.5. The summed E-state index contributed by atoms with van der Waals surface area (Å²) < 4.78 is 43.2. The minimum absolute atomic E-state index is 0.0941. The van der Waals surface area contributed by atoms with E-state index >= 15 is 0 Å². The number of tetrazole rings is 1. The van der Waals surface area contributed by atoms with Crippen molar-refractivity contribution in [1.29, 1.82) is 0 Å². The quantitative estimate of drug-likeness (QED) is 0.354. The van der Waals surface area contributed by atoms with Gasteiger partial charge in [0.15, 0.2) is 0 Å². The molecule has 4 aromatic rings. The van der Waals surface area contributed by atoms with Crippen molar-refractivity contribution in [1.82, 2.24) is 30.4 Å². The van der Waals surface area contributed by atoms with E-state index in [1.807, 2.05) is 18.3 Å². The van der Waals surface area contributed by atoms with Crippen LogP contribution in [0.5, 0.6) is 5.75 Å². The Morgan fingerprint density at radius 3 is 2.43 bits per heavy atom. The third-order valence-corrected chi connectivity index (χ3v) is 6.33. The Balaban J connectivity index is 1.36. The topological polar surface area (TPSA) is 111 Å². The number of carbonyl (C=O) groups excluding carboxylic acids is 1. The van der Waals surface area contributed by atoms with Crippen molar-refractivity contribution in [2.24, 2.45) is 0 Å². The van der Waals surface area contributed by atoms with Crippen LogP contribution in [0.4, 0.5) is 19.1 Å². The zero-order chi connectivity index (χ0) is 25.8. The Hall–Kier alpha value is -4.22. The monoisotopic (exact) mass is 511 g/mol. The van der Waals surface area contributed by atoms with Gasteiger partial charge in [-0.05, 0) is 65.6 Å². The molecule has 1 amide bonds. The molecule has 2 aromatic heterocycles. The predicted octanol–water partition coefficient (Wildman–Crippen LogP) is 5.17. The second-order valence-corrected chi connectivity index (χ2v) is 8.92. The molecular formula is C25H24F3N7O2. The molecule has 0 radical (unpaired) electrons. The van der Waals surface area contributed by atoms with Gasteiger partial charge in [-0.25, -0.2) is 4.68 Å². The molecule has 9 nitrogen and oxygen atoms in total. The maximum Gasteiger partial charge on any atom is 0.573 e. The van der Waals surface area contributed by atoms with E-state index in [2.05, 4.69) is 30.7 Å². The van der Waals surface area contributed by atoms with Gasteiger partial charge in [0.05, 0.1) is 11.4 Å². The molecule has 1 fully saturated rings. The van der Waals surface area contributed by atoms with Gasteiger partial charge < -0.3 is 4.74 Å². The average Bonchev–Trinajstić information content (AvgIpc) is 3.55. The average molecular weight is 512 g/mol. The van der Waals surface area contributed by atoms with Gasteiger partial charge in [0.2, 0.25) is 0 Å². The summed E-state index contributed by atoms with van der Waals surface area (Å²) in [6, 6.07) is 12.9. The van der Waals surface area contributed by atoms with Crippen molar-refractivity contribution in [2.45, 2.75) is 50.8 Å². The number of ether oxygens (including phenoxy) is 1. The van der Waals surface area contributed by atoms with Crippen LogP contribution in [0.1, 0.15) is 65.2 Å². The van der Waals surface area contributed by atoms with Gasteiger partial charge in [-0.15, -0.1) is 18.3 Å². The molecule has 0 unspecified atom stereocenters. The highest BCUT2D eigenvalue weighted by atomic mass is 19.4. The fourth-order valence-corrected chi connectivity index (χ4v) is 4.59. The lowest BCUT2D eigenvalue weighted by Gasteiger charge is -2.21. The Bertz CT molecular complexity index is 1330. The lowest BCUT2D eigenvalue weighted by atomic mass is 9.85. The molecule has 1 aliphatic rings. The smallest absolute Gasteiger partial charge is 0.406 e. The normalized spacial score (nSPS) is 14.5. The van der Waals surface area contributed by atoms with Gasteiger partial charge in [0.25, 0.3) is 11.9 Å². The molecule has 37 heavy (non-hydrogen) atoms. The largest absolute Gasteiger partial charge is 0.573 e. The van der Waals surface area contributed by atoms with Crippen molar-refractivity contribution >= 4 is 11.9 Å². The van der Waals surface area contributed by atoms with E-state index in [0.717, 1.165) is 42.5 Å². The molecule has 0 aliphatic heterocycles. The maximum atomic E-state index is 12.5. The fraction of sp³-hybridized carbons (Fsp3) is 0.320.